The van der Waals surface area contributed by atoms with E-state index in [1.165, 1.54) is 10.4 Å². The van der Waals surface area contributed by atoms with E-state index in [2.05, 4.69) is 31.0 Å². The van der Waals surface area contributed by atoms with Gasteiger partial charge in [0.25, 0.3) is 5.89 Å². The molecule has 152 valence electrons. The van der Waals surface area contributed by atoms with Gasteiger partial charge in [0.15, 0.2) is 5.82 Å². The maximum atomic E-state index is 12.9. The molecule has 0 saturated carbocycles. The molecule has 0 amide bonds. The smallest absolute Gasteiger partial charge is 0.257 e. The maximum absolute atomic E-state index is 12.9. The first-order valence-corrected chi connectivity index (χ1v) is 11.6. The van der Waals surface area contributed by atoms with E-state index >= 15 is 0 Å². The molecule has 1 aromatic heterocycles. The average Bonchev–Trinajstić information content (AvgIpc) is 3.17. The van der Waals surface area contributed by atoms with Crippen molar-refractivity contribution >= 4 is 37.6 Å². The number of hydrogen-bond acceptors (Lipinski definition) is 6. The summed E-state index contributed by atoms with van der Waals surface area (Å²) in [5.41, 5.74) is 0.869. The maximum Gasteiger partial charge on any atom is 0.257 e. The fourth-order valence-electron chi connectivity index (χ4n) is 3.17. The highest BCUT2D eigenvalue weighted by Gasteiger charge is 2.30. The molecule has 0 unspecified atom stereocenters. The summed E-state index contributed by atoms with van der Waals surface area (Å²) in [7, 11) is -3.63. The minimum Gasteiger partial charge on any atom is -0.334 e. The van der Waals surface area contributed by atoms with Gasteiger partial charge in [-0.05, 0) is 30.3 Å². The molecule has 10 heteroatoms. The number of piperazine rings is 1. The summed E-state index contributed by atoms with van der Waals surface area (Å²) < 4.78 is 33.4. The van der Waals surface area contributed by atoms with Gasteiger partial charge in [-0.1, -0.05) is 50.9 Å². The van der Waals surface area contributed by atoms with Crippen LogP contribution in [0.4, 0.5) is 0 Å². The van der Waals surface area contributed by atoms with Crippen molar-refractivity contribution in [3.8, 4) is 11.5 Å². The summed E-state index contributed by atoms with van der Waals surface area (Å²) in [6.45, 7) is 2.39. The van der Waals surface area contributed by atoms with Gasteiger partial charge in [0.1, 0.15) is 4.90 Å². The van der Waals surface area contributed by atoms with E-state index in [1.54, 1.807) is 12.1 Å². The van der Waals surface area contributed by atoms with E-state index in [4.69, 9.17) is 16.1 Å². The van der Waals surface area contributed by atoms with Crippen LogP contribution in [-0.4, -0.2) is 53.9 Å². The zero-order chi connectivity index (χ0) is 20.4. The first kappa shape index (κ1) is 20.5. The second-order valence-electron chi connectivity index (χ2n) is 6.64. The summed E-state index contributed by atoms with van der Waals surface area (Å²) in [5, 5.41) is 4.25. The average molecular weight is 498 g/mol. The highest BCUT2D eigenvalue weighted by molar-refractivity contribution is 9.10. The van der Waals surface area contributed by atoms with Gasteiger partial charge in [-0.15, -0.1) is 0 Å². The number of aromatic nitrogens is 2. The number of hydrogen-bond donors (Lipinski definition) is 0. The topological polar surface area (TPSA) is 79.5 Å². The van der Waals surface area contributed by atoms with Crippen molar-refractivity contribution in [3.63, 3.8) is 0 Å². The molecule has 3 aromatic rings. The number of nitrogens with zero attached hydrogens (tertiary/aromatic N) is 4. The third kappa shape index (κ3) is 4.54. The molecule has 4 rings (SSSR count). The third-order valence-corrected chi connectivity index (χ3v) is 7.57. The Balaban J connectivity index is 1.39. The first-order chi connectivity index (χ1) is 13.9. The summed E-state index contributed by atoms with van der Waals surface area (Å²) in [4.78, 5) is 6.67. The summed E-state index contributed by atoms with van der Waals surface area (Å²) >= 11 is 9.44. The number of benzene rings is 2. The van der Waals surface area contributed by atoms with Gasteiger partial charge in [-0.2, -0.15) is 9.29 Å². The van der Waals surface area contributed by atoms with E-state index in [0.717, 1.165) is 10.0 Å². The minimum atomic E-state index is -3.63. The Bertz CT molecular complexity index is 1100. The van der Waals surface area contributed by atoms with Crippen molar-refractivity contribution in [1.29, 1.82) is 0 Å². The molecule has 1 aliphatic rings. The Morgan fingerprint density at radius 2 is 1.79 bits per heavy atom. The lowest BCUT2D eigenvalue weighted by molar-refractivity contribution is 0.176. The molecule has 7 nitrogen and oxygen atoms in total. The second-order valence-corrected chi connectivity index (χ2v) is 9.87. The zero-order valence-corrected chi connectivity index (χ0v) is 18.5. The standard InChI is InChI=1S/C19H18BrClN4O3S/c20-15-6-7-17(16(21)12-15)29(26,27)25-10-8-24(9-11-25)13-18-22-19(28-23-18)14-4-2-1-3-5-14/h1-7,12H,8-11,13H2. The van der Waals surface area contributed by atoms with E-state index in [0.29, 0.717) is 44.4 Å². The largest absolute Gasteiger partial charge is 0.334 e. The number of halogens is 2. The van der Waals surface area contributed by atoms with Crippen LogP contribution in [0.1, 0.15) is 5.82 Å². The second kappa shape index (κ2) is 8.53. The molecular formula is C19H18BrClN4O3S. The van der Waals surface area contributed by atoms with Gasteiger partial charge in [0.05, 0.1) is 11.6 Å². The van der Waals surface area contributed by atoms with Gasteiger partial charge in [-0.3, -0.25) is 4.90 Å². The lowest BCUT2D eigenvalue weighted by Gasteiger charge is -2.33. The van der Waals surface area contributed by atoms with Crippen LogP contribution in [0.15, 0.2) is 62.4 Å². The van der Waals surface area contributed by atoms with Crippen molar-refractivity contribution in [2.24, 2.45) is 0 Å². The summed E-state index contributed by atoms with van der Waals surface area (Å²) in [6, 6.07) is 14.4. The Hall–Kier alpha value is -1.78. The Labute approximate surface area is 182 Å². The molecule has 0 radical (unpaired) electrons. The molecule has 2 heterocycles. The lowest BCUT2D eigenvalue weighted by Crippen LogP contribution is -2.48. The SMILES string of the molecule is O=S(=O)(c1ccc(Br)cc1Cl)N1CCN(Cc2noc(-c3ccccc3)n2)CC1. The Kier molecular flexibility index (Phi) is 6.03. The van der Waals surface area contributed by atoms with Gasteiger partial charge in [0.2, 0.25) is 10.0 Å². The van der Waals surface area contributed by atoms with Crippen LogP contribution in [0.3, 0.4) is 0 Å². The molecule has 2 aromatic carbocycles. The predicted octanol–water partition coefficient (Wildman–Crippen LogP) is 3.66. The molecule has 0 spiro atoms. The highest BCUT2D eigenvalue weighted by Crippen LogP contribution is 2.28. The predicted molar refractivity (Wildman–Crippen MR) is 113 cm³/mol. The highest BCUT2D eigenvalue weighted by atomic mass is 79.9. The number of sulfonamides is 1. The van der Waals surface area contributed by atoms with Crippen molar-refractivity contribution in [3.05, 3.63) is 63.9 Å². The lowest BCUT2D eigenvalue weighted by atomic mass is 10.2. The molecule has 1 fully saturated rings. The monoisotopic (exact) mass is 496 g/mol. The van der Waals surface area contributed by atoms with Crippen LogP contribution in [0.25, 0.3) is 11.5 Å². The van der Waals surface area contributed by atoms with Crippen molar-refractivity contribution < 1.29 is 12.9 Å². The molecule has 0 bridgehead atoms. The van der Waals surface area contributed by atoms with Crippen LogP contribution in [0.2, 0.25) is 5.02 Å². The normalized spacial score (nSPS) is 16.2. The Morgan fingerprint density at radius 1 is 1.07 bits per heavy atom. The van der Waals surface area contributed by atoms with E-state index in [1.807, 2.05) is 30.3 Å². The van der Waals surface area contributed by atoms with E-state index < -0.39 is 10.0 Å². The summed E-state index contributed by atoms with van der Waals surface area (Å²) in [5.74, 6) is 1.06. The quantitative estimate of drug-likeness (QED) is 0.535. The molecule has 0 atom stereocenters. The van der Waals surface area contributed by atoms with Crippen LogP contribution in [0, 0.1) is 0 Å². The zero-order valence-electron chi connectivity index (χ0n) is 15.3. The van der Waals surface area contributed by atoms with Crippen LogP contribution in [-0.2, 0) is 16.6 Å². The molecule has 0 N–H and O–H groups in total. The van der Waals surface area contributed by atoms with Gasteiger partial charge >= 0.3 is 0 Å². The Morgan fingerprint density at radius 3 is 2.48 bits per heavy atom. The van der Waals surface area contributed by atoms with E-state index in [9.17, 15) is 8.42 Å². The van der Waals surface area contributed by atoms with Crippen LogP contribution >= 0.6 is 27.5 Å². The summed E-state index contributed by atoms with van der Waals surface area (Å²) in [6.07, 6.45) is 0. The van der Waals surface area contributed by atoms with Gasteiger partial charge in [0, 0.05) is 36.2 Å². The van der Waals surface area contributed by atoms with Gasteiger partial charge in [-0.25, -0.2) is 8.42 Å². The number of rotatable bonds is 5. The van der Waals surface area contributed by atoms with Crippen molar-refractivity contribution in [2.75, 3.05) is 26.2 Å². The minimum absolute atomic E-state index is 0.126. The van der Waals surface area contributed by atoms with E-state index in [-0.39, 0.29) is 9.92 Å². The fourth-order valence-corrected chi connectivity index (χ4v) is 5.60. The van der Waals surface area contributed by atoms with Crippen molar-refractivity contribution in [1.82, 2.24) is 19.3 Å². The molecule has 29 heavy (non-hydrogen) atoms. The molecular weight excluding hydrogens is 480 g/mol. The third-order valence-electron chi connectivity index (χ3n) is 4.70. The van der Waals surface area contributed by atoms with Gasteiger partial charge < -0.3 is 4.52 Å². The molecule has 0 aliphatic carbocycles. The first-order valence-electron chi connectivity index (χ1n) is 8.99. The van der Waals surface area contributed by atoms with Crippen molar-refractivity contribution in [2.45, 2.75) is 11.4 Å². The van der Waals surface area contributed by atoms with Crippen LogP contribution in [0.5, 0.6) is 0 Å². The molecule has 1 saturated heterocycles. The molecule has 1 aliphatic heterocycles. The van der Waals surface area contributed by atoms with Crippen LogP contribution < -0.4 is 0 Å². The fraction of sp³-hybridized carbons (Fsp3) is 0.263.